The maximum Gasteiger partial charge on any atom is 0.228 e. The van der Waals surface area contributed by atoms with E-state index in [-0.39, 0.29) is 0 Å². The Morgan fingerprint density at radius 1 is 1.07 bits per heavy atom. The van der Waals surface area contributed by atoms with Crippen molar-refractivity contribution in [3.8, 4) is 0 Å². The maximum atomic E-state index is 4.59. The number of rotatable bonds is 4. The lowest BCUT2D eigenvalue weighted by molar-refractivity contribution is 0.429. The zero-order valence-electron chi connectivity index (χ0n) is 15.2. The van der Waals surface area contributed by atoms with Gasteiger partial charge >= 0.3 is 0 Å². The van der Waals surface area contributed by atoms with Gasteiger partial charge in [0.2, 0.25) is 5.95 Å². The van der Waals surface area contributed by atoms with Crippen LogP contribution < -0.4 is 4.90 Å². The standard InChI is InChI=1S/C19H21BrN6S/c1-12-6-8-25(9-7-12)18-23-24-19(26(18)14-3-4-14)27-17-15-10-13(20)2-5-16(15)21-11-22-17/h2,5,10-12,14H,3-4,6-9H2,1H3. The molecule has 27 heavy (non-hydrogen) atoms. The molecular formula is C19H21BrN6S. The van der Waals surface area contributed by atoms with Crippen molar-refractivity contribution in [3.05, 3.63) is 29.0 Å². The molecule has 1 aliphatic heterocycles. The van der Waals surface area contributed by atoms with E-state index in [1.807, 2.05) is 12.1 Å². The molecule has 1 saturated heterocycles. The van der Waals surface area contributed by atoms with E-state index in [2.05, 4.69) is 58.6 Å². The Bertz CT molecular complexity index is 977. The van der Waals surface area contributed by atoms with Crippen LogP contribution in [0.25, 0.3) is 10.9 Å². The lowest BCUT2D eigenvalue weighted by Crippen LogP contribution is -2.34. The van der Waals surface area contributed by atoms with Crippen molar-refractivity contribution in [2.75, 3.05) is 18.0 Å². The first-order valence-electron chi connectivity index (χ1n) is 9.47. The van der Waals surface area contributed by atoms with E-state index < -0.39 is 0 Å². The first kappa shape index (κ1) is 17.4. The zero-order valence-corrected chi connectivity index (χ0v) is 17.6. The second kappa shape index (κ2) is 7.05. The van der Waals surface area contributed by atoms with E-state index in [4.69, 9.17) is 0 Å². The van der Waals surface area contributed by atoms with E-state index >= 15 is 0 Å². The van der Waals surface area contributed by atoms with E-state index in [0.29, 0.717) is 6.04 Å². The summed E-state index contributed by atoms with van der Waals surface area (Å²) in [7, 11) is 0. The second-order valence-corrected chi connectivity index (χ2v) is 9.37. The number of hydrogen-bond donors (Lipinski definition) is 0. The SMILES string of the molecule is CC1CCN(c2nnc(Sc3ncnc4ccc(Br)cc34)n2C2CC2)CC1. The monoisotopic (exact) mass is 444 g/mol. The second-order valence-electron chi connectivity index (χ2n) is 7.50. The van der Waals surface area contributed by atoms with Gasteiger partial charge in [-0.3, -0.25) is 4.57 Å². The highest BCUT2D eigenvalue weighted by Gasteiger charge is 2.33. The summed E-state index contributed by atoms with van der Waals surface area (Å²) in [5.41, 5.74) is 0.943. The lowest BCUT2D eigenvalue weighted by Gasteiger charge is -2.31. The number of anilines is 1. The molecule has 8 heteroatoms. The van der Waals surface area contributed by atoms with Gasteiger partial charge in [-0.25, -0.2) is 9.97 Å². The number of nitrogens with zero attached hydrogens (tertiary/aromatic N) is 6. The van der Waals surface area contributed by atoms with Crippen LogP contribution in [0.2, 0.25) is 0 Å². The highest BCUT2D eigenvalue weighted by atomic mass is 79.9. The van der Waals surface area contributed by atoms with Gasteiger partial charge in [-0.05, 0) is 61.6 Å². The summed E-state index contributed by atoms with van der Waals surface area (Å²) in [4.78, 5) is 11.3. The van der Waals surface area contributed by atoms with Crippen LogP contribution in [0.4, 0.5) is 5.95 Å². The van der Waals surface area contributed by atoms with E-state index in [0.717, 1.165) is 50.5 Å². The third kappa shape index (κ3) is 3.45. The minimum Gasteiger partial charge on any atom is -0.341 e. The number of hydrogen-bond acceptors (Lipinski definition) is 6. The van der Waals surface area contributed by atoms with Crippen molar-refractivity contribution in [3.63, 3.8) is 0 Å². The van der Waals surface area contributed by atoms with Crippen LogP contribution in [0, 0.1) is 5.92 Å². The number of fused-ring (bicyclic) bond motifs is 1. The van der Waals surface area contributed by atoms with Crippen LogP contribution in [0.15, 0.2) is 39.2 Å². The van der Waals surface area contributed by atoms with Gasteiger partial charge in [-0.2, -0.15) is 0 Å². The predicted octanol–water partition coefficient (Wildman–Crippen LogP) is 4.71. The quantitative estimate of drug-likeness (QED) is 0.543. The van der Waals surface area contributed by atoms with Crippen LogP contribution in [-0.2, 0) is 0 Å². The van der Waals surface area contributed by atoms with Crippen LogP contribution >= 0.6 is 27.7 Å². The number of aromatic nitrogens is 5. The molecule has 3 heterocycles. The zero-order chi connectivity index (χ0) is 18.4. The predicted molar refractivity (Wildman–Crippen MR) is 110 cm³/mol. The molecule has 5 rings (SSSR count). The van der Waals surface area contributed by atoms with Crippen molar-refractivity contribution in [1.29, 1.82) is 0 Å². The molecule has 2 aromatic heterocycles. The Balaban J connectivity index is 1.50. The van der Waals surface area contributed by atoms with Gasteiger partial charge < -0.3 is 4.90 Å². The molecule has 3 aromatic rings. The number of benzene rings is 1. The Kier molecular flexibility index (Phi) is 4.55. The molecule has 0 bridgehead atoms. The largest absolute Gasteiger partial charge is 0.341 e. The van der Waals surface area contributed by atoms with Gasteiger partial charge in [0.1, 0.15) is 11.4 Å². The normalized spacial score (nSPS) is 18.4. The summed E-state index contributed by atoms with van der Waals surface area (Å²) >= 11 is 5.15. The fraction of sp³-hybridized carbons (Fsp3) is 0.474. The first-order chi connectivity index (χ1) is 13.2. The molecule has 2 aliphatic rings. The van der Waals surface area contributed by atoms with Gasteiger partial charge in [-0.15, -0.1) is 10.2 Å². The van der Waals surface area contributed by atoms with Crippen LogP contribution in [0.1, 0.15) is 38.6 Å². The Labute approximate surface area is 170 Å². The molecule has 0 unspecified atom stereocenters. The third-order valence-corrected chi connectivity index (χ3v) is 6.85. The molecular weight excluding hydrogens is 424 g/mol. The molecule has 2 fully saturated rings. The summed E-state index contributed by atoms with van der Waals surface area (Å²) in [5, 5.41) is 12.0. The fourth-order valence-electron chi connectivity index (χ4n) is 3.59. The summed E-state index contributed by atoms with van der Waals surface area (Å²) < 4.78 is 3.37. The molecule has 0 atom stereocenters. The highest BCUT2D eigenvalue weighted by Crippen LogP contribution is 2.43. The first-order valence-corrected chi connectivity index (χ1v) is 11.1. The summed E-state index contributed by atoms with van der Waals surface area (Å²) in [6.07, 6.45) is 6.50. The minimum absolute atomic E-state index is 0.525. The molecule has 140 valence electrons. The molecule has 1 aliphatic carbocycles. The fourth-order valence-corrected chi connectivity index (χ4v) is 4.91. The van der Waals surface area contributed by atoms with Crippen LogP contribution in [0.3, 0.4) is 0 Å². The van der Waals surface area contributed by atoms with E-state index in [9.17, 15) is 0 Å². The average Bonchev–Trinajstić information content (AvgIpc) is 3.43. The molecule has 0 radical (unpaired) electrons. The van der Waals surface area contributed by atoms with Crippen LogP contribution in [0.5, 0.6) is 0 Å². The third-order valence-electron chi connectivity index (χ3n) is 5.37. The van der Waals surface area contributed by atoms with Crippen molar-refractivity contribution >= 4 is 44.5 Å². The Morgan fingerprint density at radius 2 is 1.89 bits per heavy atom. The van der Waals surface area contributed by atoms with Crippen LogP contribution in [-0.4, -0.2) is 37.8 Å². The van der Waals surface area contributed by atoms with Gasteiger partial charge in [0.25, 0.3) is 0 Å². The lowest BCUT2D eigenvalue weighted by atomic mass is 10.00. The van der Waals surface area contributed by atoms with Crippen molar-refractivity contribution < 1.29 is 0 Å². The van der Waals surface area contributed by atoms with Crippen molar-refractivity contribution in [2.24, 2.45) is 5.92 Å². The molecule has 0 spiro atoms. The molecule has 0 N–H and O–H groups in total. The van der Waals surface area contributed by atoms with Gasteiger partial charge in [0.15, 0.2) is 5.16 Å². The number of halogens is 1. The summed E-state index contributed by atoms with van der Waals surface area (Å²) in [6, 6.07) is 6.61. The van der Waals surface area contributed by atoms with Gasteiger partial charge in [0.05, 0.1) is 5.52 Å². The summed E-state index contributed by atoms with van der Waals surface area (Å²) in [6.45, 7) is 4.47. The Morgan fingerprint density at radius 3 is 2.67 bits per heavy atom. The van der Waals surface area contributed by atoms with Gasteiger partial charge in [0, 0.05) is 29.0 Å². The topological polar surface area (TPSA) is 59.7 Å². The maximum absolute atomic E-state index is 4.59. The molecule has 6 nitrogen and oxygen atoms in total. The minimum atomic E-state index is 0.525. The Hall–Kier alpha value is -1.67. The average molecular weight is 445 g/mol. The highest BCUT2D eigenvalue weighted by molar-refractivity contribution is 9.10. The van der Waals surface area contributed by atoms with Crippen molar-refractivity contribution in [1.82, 2.24) is 24.7 Å². The smallest absolute Gasteiger partial charge is 0.228 e. The molecule has 1 saturated carbocycles. The molecule has 0 amide bonds. The number of piperidine rings is 1. The van der Waals surface area contributed by atoms with Crippen molar-refractivity contribution in [2.45, 2.75) is 48.8 Å². The van der Waals surface area contributed by atoms with E-state index in [1.165, 1.54) is 25.7 Å². The van der Waals surface area contributed by atoms with Gasteiger partial charge in [-0.1, -0.05) is 22.9 Å². The molecule has 1 aromatic carbocycles. The summed E-state index contributed by atoms with van der Waals surface area (Å²) in [5.74, 6) is 1.84. The van der Waals surface area contributed by atoms with E-state index in [1.54, 1.807) is 18.1 Å².